The molecular weight excluding hydrogens is 456 g/mol. The van der Waals surface area contributed by atoms with Crippen molar-refractivity contribution < 1.29 is 14.3 Å². The van der Waals surface area contributed by atoms with E-state index in [2.05, 4.69) is 29.3 Å². The van der Waals surface area contributed by atoms with Gasteiger partial charge in [-0.3, -0.25) is 4.79 Å². The van der Waals surface area contributed by atoms with Gasteiger partial charge in [-0.05, 0) is 62.0 Å². The minimum absolute atomic E-state index is 0. The Bertz CT molecular complexity index is 1150. The third kappa shape index (κ3) is 4.87. The first-order chi connectivity index (χ1) is 16.2. The smallest absolute Gasteiger partial charge is 0.295 e. The van der Waals surface area contributed by atoms with Crippen LogP contribution >= 0.6 is 12.4 Å². The van der Waals surface area contributed by atoms with Crippen molar-refractivity contribution >= 4 is 35.6 Å². The summed E-state index contributed by atoms with van der Waals surface area (Å²) in [6, 6.07) is 6.49. The summed E-state index contributed by atoms with van der Waals surface area (Å²) in [6.07, 6.45) is 4.32. The number of benzene rings is 1. The number of nitrogens with one attached hydrogen (secondary N) is 1. The quantitative estimate of drug-likeness (QED) is 0.531. The van der Waals surface area contributed by atoms with Crippen LogP contribution in [0, 0.1) is 6.92 Å². The van der Waals surface area contributed by atoms with Crippen molar-refractivity contribution in [2.24, 2.45) is 0 Å². The van der Waals surface area contributed by atoms with Crippen LogP contribution in [0.5, 0.6) is 0 Å². The van der Waals surface area contributed by atoms with E-state index in [1.807, 2.05) is 23.9 Å². The Labute approximate surface area is 205 Å². The van der Waals surface area contributed by atoms with Crippen LogP contribution in [0.4, 0.5) is 5.82 Å². The fourth-order valence-corrected chi connectivity index (χ4v) is 4.83. The van der Waals surface area contributed by atoms with Crippen molar-refractivity contribution in [3.05, 3.63) is 41.3 Å². The van der Waals surface area contributed by atoms with Crippen LogP contribution in [0.1, 0.15) is 42.6 Å². The number of rotatable bonds is 6. The molecule has 34 heavy (non-hydrogen) atoms. The molecule has 2 aromatic heterocycles. The van der Waals surface area contributed by atoms with Crippen LogP contribution in [0.3, 0.4) is 0 Å². The Balaban J connectivity index is 0.00000274. The van der Waals surface area contributed by atoms with E-state index < -0.39 is 6.29 Å². The maximum atomic E-state index is 10.8. The van der Waals surface area contributed by atoms with Gasteiger partial charge in [-0.15, -0.1) is 12.4 Å². The number of aryl methyl sites for hydroxylation is 2. The minimum Gasteiger partial charge on any atom is -0.436 e. The molecule has 0 radical (unpaired) electrons. The maximum Gasteiger partial charge on any atom is 0.295 e. The van der Waals surface area contributed by atoms with E-state index in [1.54, 1.807) is 0 Å². The first-order valence-electron chi connectivity index (χ1n) is 11.7. The molecular formula is C24H31ClN6O3. The second kappa shape index (κ2) is 10.7. The Morgan fingerprint density at radius 3 is 2.76 bits per heavy atom. The lowest BCUT2D eigenvalue weighted by atomic mass is 9.87. The Morgan fingerprint density at radius 2 is 2.00 bits per heavy atom. The van der Waals surface area contributed by atoms with Gasteiger partial charge >= 0.3 is 0 Å². The fraction of sp³-hybridized carbons (Fsp3) is 0.500. The molecule has 2 fully saturated rings. The van der Waals surface area contributed by atoms with Crippen LogP contribution in [-0.2, 0) is 20.7 Å². The molecule has 0 aliphatic carbocycles. The lowest BCUT2D eigenvalue weighted by Gasteiger charge is -2.32. The van der Waals surface area contributed by atoms with Gasteiger partial charge in [0.05, 0.1) is 24.9 Å². The third-order valence-electron chi connectivity index (χ3n) is 6.58. The normalized spacial score (nSPS) is 19.1. The van der Waals surface area contributed by atoms with Gasteiger partial charge in [0, 0.05) is 24.4 Å². The Hall–Kier alpha value is -2.75. The zero-order chi connectivity index (χ0) is 22.8. The van der Waals surface area contributed by atoms with Crippen molar-refractivity contribution in [1.82, 2.24) is 25.1 Å². The Kier molecular flexibility index (Phi) is 7.65. The monoisotopic (exact) mass is 486 g/mol. The summed E-state index contributed by atoms with van der Waals surface area (Å²) in [5.74, 6) is 2.84. The largest absolute Gasteiger partial charge is 0.436 e. The molecule has 3 aromatic rings. The van der Waals surface area contributed by atoms with Crippen LogP contribution in [0.2, 0.25) is 0 Å². The van der Waals surface area contributed by atoms with Gasteiger partial charge in [-0.1, -0.05) is 6.92 Å². The van der Waals surface area contributed by atoms with Crippen molar-refractivity contribution in [3.8, 4) is 5.82 Å². The summed E-state index contributed by atoms with van der Waals surface area (Å²) < 4.78 is 12.5. The van der Waals surface area contributed by atoms with Gasteiger partial charge in [0.25, 0.3) is 6.47 Å². The fourth-order valence-electron chi connectivity index (χ4n) is 4.83. The lowest BCUT2D eigenvalue weighted by Crippen LogP contribution is -2.44. The standard InChI is InChI=1S/C24H30N6O3.ClH/c1-3-21-27-22(29-8-9-32-24(14-29)33-15-31)12-23(28-21)30-20-11-19(17-4-6-25-7-5-17)16(2)10-18(20)13-26-30;/h10-13,15,17,24-25H,3-9,14H2,1-2H3;1H/t24-;/m0./s1. The SMILES string of the molecule is CCc1nc(N2CCO[C@@H](OC=O)C2)cc(-n2ncc3cc(C)c(C4CCNCC4)cc32)n1.Cl. The van der Waals surface area contributed by atoms with E-state index >= 15 is 0 Å². The minimum atomic E-state index is -0.596. The summed E-state index contributed by atoms with van der Waals surface area (Å²) in [6.45, 7) is 8.34. The highest BCUT2D eigenvalue weighted by Crippen LogP contribution is 2.32. The van der Waals surface area contributed by atoms with Gasteiger partial charge in [0.1, 0.15) is 11.6 Å². The van der Waals surface area contributed by atoms with Crippen LogP contribution in [-0.4, -0.2) is 65.3 Å². The van der Waals surface area contributed by atoms with Gasteiger partial charge in [-0.2, -0.15) is 5.10 Å². The van der Waals surface area contributed by atoms with Gasteiger partial charge in [0.15, 0.2) is 5.82 Å². The molecule has 4 heterocycles. The Morgan fingerprint density at radius 1 is 1.21 bits per heavy atom. The number of piperidine rings is 1. The maximum absolute atomic E-state index is 10.8. The molecule has 5 rings (SSSR count). The lowest BCUT2D eigenvalue weighted by molar-refractivity contribution is -0.165. The molecule has 9 nitrogen and oxygen atoms in total. The number of anilines is 1. The molecule has 10 heteroatoms. The average Bonchev–Trinajstić information content (AvgIpc) is 3.27. The molecule has 0 spiro atoms. The molecule has 2 aliphatic heterocycles. The number of nitrogens with zero attached hydrogens (tertiary/aromatic N) is 5. The van der Waals surface area contributed by atoms with Crippen molar-refractivity contribution in [2.45, 2.75) is 45.3 Å². The molecule has 2 aliphatic rings. The van der Waals surface area contributed by atoms with Crippen molar-refractivity contribution in [3.63, 3.8) is 0 Å². The molecule has 0 bridgehead atoms. The average molecular weight is 487 g/mol. The topological polar surface area (TPSA) is 94.4 Å². The van der Waals surface area contributed by atoms with Crippen molar-refractivity contribution in [2.75, 3.05) is 37.7 Å². The zero-order valence-corrected chi connectivity index (χ0v) is 20.4. The summed E-state index contributed by atoms with van der Waals surface area (Å²) in [4.78, 5) is 22.3. The van der Waals surface area contributed by atoms with Crippen LogP contribution in [0.25, 0.3) is 16.7 Å². The number of hydrogen-bond acceptors (Lipinski definition) is 8. The van der Waals surface area contributed by atoms with E-state index in [0.29, 0.717) is 38.5 Å². The number of ether oxygens (including phenoxy) is 2. The number of aromatic nitrogens is 4. The highest BCUT2D eigenvalue weighted by Gasteiger charge is 2.24. The van der Waals surface area contributed by atoms with E-state index in [1.165, 1.54) is 11.1 Å². The molecule has 0 saturated carbocycles. The van der Waals surface area contributed by atoms with Gasteiger partial charge < -0.3 is 19.7 Å². The second-order valence-corrected chi connectivity index (χ2v) is 8.68. The first kappa shape index (κ1) is 24.4. The number of halogens is 1. The highest BCUT2D eigenvalue weighted by atomic mass is 35.5. The van der Waals surface area contributed by atoms with E-state index in [0.717, 1.165) is 54.3 Å². The summed E-state index contributed by atoms with van der Waals surface area (Å²) >= 11 is 0. The summed E-state index contributed by atoms with van der Waals surface area (Å²) in [5, 5.41) is 9.26. The predicted octanol–water partition coefficient (Wildman–Crippen LogP) is 2.91. The first-order valence-corrected chi connectivity index (χ1v) is 11.7. The molecule has 1 aromatic carbocycles. The second-order valence-electron chi connectivity index (χ2n) is 8.68. The summed E-state index contributed by atoms with van der Waals surface area (Å²) in [5.41, 5.74) is 3.78. The predicted molar refractivity (Wildman–Crippen MR) is 132 cm³/mol. The van der Waals surface area contributed by atoms with E-state index in [9.17, 15) is 4.79 Å². The molecule has 1 N–H and O–H groups in total. The summed E-state index contributed by atoms with van der Waals surface area (Å²) in [7, 11) is 0. The number of fused-ring (bicyclic) bond motifs is 1. The molecule has 0 amide bonds. The van der Waals surface area contributed by atoms with Gasteiger partial charge in [-0.25, -0.2) is 14.6 Å². The molecule has 0 unspecified atom stereocenters. The van der Waals surface area contributed by atoms with Crippen LogP contribution < -0.4 is 10.2 Å². The molecule has 2 saturated heterocycles. The molecule has 1 atom stereocenters. The molecule has 182 valence electrons. The van der Waals surface area contributed by atoms with E-state index in [-0.39, 0.29) is 12.4 Å². The third-order valence-corrected chi connectivity index (χ3v) is 6.58. The van der Waals surface area contributed by atoms with E-state index in [4.69, 9.17) is 24.5 Å². The number of morpholine rings is 1. The zero-order valence-electron chi connectivity index (χ0n) is 19.6. The number of carbonyl (C=O) groups excluding carboxylic acids is 1. The highest BCUT2D eigenvalue weighted by molar-refractivity contribution is 5.85. The number of carbonyl (C=O) groups is 1. The van der Waals surface area contributed by atoms with Gasteiger partial charge in [0.2, 0.25) is 6.29 Å². The number of hydrogen-bond donors (Lipinski definition) is 1. The van der Waals surface area contributed by atoms with Crippen molar-refractivity contribution in [1.29, 1.82) is 0 Å². The van der Waals surface area contributed by atoms with Crippen LogP contribution in [0.15, 0.2) is 24.4 Å².